The monoisotopic (exact) mass is 271 g/mol. The van der Waals surface area contributed by atoms with Crippen LogP contribution in [0, 0.1) is 0 Å². The molecule has 2 rings (SSSR count). The van der Waals surface area contributed by atoms with Crippen molar-refractivity contribution < 1.29 is 4.79 Å². The van der Waals surface area contributed by atoms with E-state index in [2.05, 4.69) is 23.3 Å². The first-order valence-corrected chi connectivity index (χ1v) is 7.31. The Morgan fingerprint density at radius 1 is 1.20 bits per heavy atom. The minimum Gasteiger partial charge on any atom is -0.272 e. The lowest BCUT2D eigenvalue weighted by molar-refractivity contribution is 0.0905. The molecule has 2 aromatic rings. The highest BCUT2D eigenvalue weighted by atomic mass is 16.2. The summed E-state index contributed by atoms with van der Waals surface area (Å²) in [6.45, 7) is 2.21. The largest absolute Gasteiger partial charge is 0.272 e. The van der Waals surface area contributed by atoms with Crippen molar-refractivity contribution in [3.8, 4) is 0 Å². The molecule has 0 saturated carbocycles. The molecular weight excluding hydrogens is 250 g/mol. The maximum atomic E-state index is 12.1. The minimum absolute atomic E-state index is 0.0384. The zero-order valence-corrected chi connectivity index (χ0v) is 12.0. The quantitative estimate of drug-likeness (QED) is 0.565. The van der Waals surface area contributed by atoms with Crippen LogP contribution in [0.3, 0.4) is 0 Å². The number of para-hydroxylation sites is 1. The second-order valence-corrected chi connectivity index (χ2v) is 4.91. The number of benzene rings is 1. The predicted octanol–water partition coefficient (Wildman–Crippen LogP) is 3.99. The third-order valence-corrected chi connectivity index (χ3v) is 3.27. The summed E-state index contributed by atoms with van der Waals surface area (Å²) in [6, 6.07) is 7.50. The number of aromatic nitrogens is 3. The molecule has 0 atom stereocenters. The molecule has 0 fully saturated rings. The van der Waals surface area contributed by atoms with E-state index in [9.17, 15) is 4.79 Å². The van der Waals surface area contributed by atoms with E-state index in [1.807, 2.05) is 30.3 Å². The van der Waals surface area contributed by atoms with Gasteiger partial charge in [-0.05, 0) is 25.0 Å². The lowest BCUT2D eigenvalue weighted by atomic mass is 10.1. The van der Waals surface area contributed by atoms with Crippen LogP contribution in [-0.4, -0.2) is 20.9 Å². The Hall–Kier alpha value is -1.97. The van der Waals surface area contributed by atoms with Gasteiger partial charge in [0.05, 0.1) is 5.52 Å². The van der Waals surface area contributed by atoms with Gasteiger partial charge in [-0.2, -0.15) is 4.68 Å². The van der Waals surface area contributed by atoms with Gasteiger partial charge in [0, 0.05) is 6.42 Å². The molecule has 0 spiro atoms. The predicted molar refractivity (Wildman–Crippen MR) is 80.7 cm³/mol. The first kappa shape index (κ1) is 14.4. The molecule has 0 aliphatic heterocycles. The minimum atomic E-state index is -0.0384. The molecule has 20 heavy (non-hydrogen) atoms. The number of carbonyl (C=O) groups is 1. The number of nitrogens with zero attached hydrogens (tertiary/aromatic N) is 3. The molecule has 0 amide bonds. The van der Waals surface area contributed by atoms with Crippen molar-refractivity contribution in [3.63, 3.8) is 0 Å². The van der Waals surface area contributed by atoms with Gasteiger partial charge < -0.3 is 0 Å². The molecule has 1 aromatic heterocycles. The SMILES string of the molecule is CCCCCC/C=C/CC(=O)n1nnc2ccccc21. The Bertz CT molecular complexity index is 586. The van der Waals surface area contributed by atoms with Gasteiger partial charge in [0.25, 0.3) is 5.91 Å². The van der Waals surface area contributed by atoms with E-state index in [1.54, 1.807) is 0 Å². The van der Waals surface area contributed by atoms with Gasteiger partial charge in [0.15, 0.2) is 0 Å². The van der Waals surface area contributed by atoms with Crippen LogP contribution in [0.25, 0.3) is 11.0 Å². The zero-order chi connectivity index (χ0) is 14.2. The molecule has 0 bridgehead atoms. The summed E-state index contributed by atoms with van der Waals surface area (Å²) in [7, 11) is 0. The van der Waals surface area contributed by atoms with Gasteiger partial charge in [-0.1, -0.05) is 55.7 Å². The number of allylic oxidation sites excluding steroid dienone is 2. The maximum absolute atomic E-state index is 12.1. The summed E-state index contributed by atoms with van der Waals surface area (Å²) in [6.07, 6.45) is 10.5. The van der Waals surface area contributed by atoms with Crippen molar-refractivity contribution in [2.24, 2.45) is 0 Å². The normalized spacial score (nSPS) is 11.4. The Kier molecular flexibility index (Phi) is 5.47. The number of unbranched alkanes of at least 4 members (excludes halogenated alkanes) is 4. The fourth-order valence-electron chi connectivity index (χ4n) is 2.13. The molecule has 0 radical (unpaired) electrons. The van der Waals surface area contributed by atoms with E-state index in [4.69, 9.17) is 0 Å². The van der Waals surface area contributed by atoms with Crippen LogP contribution in [0.4, 0.5) is 0 Å². The topological polar surface area (TPSA) is 47.8 Å². The smallest absolute Gasteiger partial charge is 0.252 e. The van der Waals surface area contributed by atoms with Gasteiger partial charge >= 0.3 is 0 Å². The second kappa shape index (κ2) is 7.58. The van der Waals surface area contributed by atoms with Crippen LogP contribution in [0.5, 0.6) is 0 Å². The van der Waals surface area contributed by atoms with Gasteiger partial charge in [0.1, 0.15) is 5.52 Å². The summed E-state index contributed by atoms with van der Waals surface area (Å²) in [5.74, 6) is -0.0384. The highest BCUT2D eigenvalue weighted by Gasteiger charge is 2.09. The molecule has 106 valence electrons. The number of hydrogen-bond acceptors (Lipinski definition) is 3. The molecule has 0 unspecified atom stereocenters. The molecule has 0 aliphatic carbocycles. The Labute approximate surface area is 119 Å². The average molecular weight is 271 g/mol. The van der Waals surface area contributed by atoms with Crippen LogP contribution in [-0.2, 0) is 0 Å². The summed E-state index contributed by atoms with van der Waals surface area (Å²) in [4.78, 5) is 12.1. The van der Waals surface area contributed by atoms with Gasteiger partial charge in [-0.25, -0.2) is 0 Å². The van der Waals surface area contributed by atoms with E-state index < -0.39 is 0 Å². The lowest BCUT2D eigenvalue weighted by Gasteiger charge is -1.98. The van der Waals surface area contributed by atoms with E-state index in [1.165, 1.54) is 30.4 Å². The van der Waals surface area contributed by atoms with E-state index in [-0.39, 0.29) is 5.91 Å². The van der Waals surface area contributed by atoms with E-state index in [0.717, 1.165) is 17.5 Å². The summed E-state index contributed by atoms with van der Waals surface area (Å²) in [5, 5.41) is 7.90. The van der Waals surface area contributed by atoms with Gasteiger partial charge in [0.2, 0.25) is 0 Å². The average Bonchev–Trinajstić information content (AvgIpc) is 2.90. The van der Waals surface area contributed by atoms with Crippen molar-refractivity contribution in [2.75, 3.05) is 0 Å². The third-order valence-electron chi connectivity index (χ3n) is 3.27. The molecule has 1 heterocycles. The lowest BCUT2D eigenvalue weighted by Crippen LogP contribution is -2.10. The Morgan fingerprint density at radius 2 is 2.05 bits per heavy atom. The van der Waals surface area contributed by atoms with Crippen LogP contribution in [0.15, 0.2) is 36.4 Å². The summed E-state index contributed by atoms with van der Waals surface area (Å²) in [5.41, 5.74) is 1.53. The van der Waals surface area contributed by atoms with Gasteiger partial charge in [-0.15, -0.1) is 5.10 Å². The van der Waals surface area contributed by atoms with Crippen molar-refractivity contribution in [1.82, 2.24) is 15.0 Å². The maximum Gasteiger partial charge on any atom is 0.252 e. The standard InChI is InChI=1S/C16H21N3O/c1-2-3-4-5-6-7-8-13-16(20)19-15-12-10-9-11-14(15)17-18-19/h7-12H,2-6,13H2,1H3/b8-7+. The number of fused-ring (bicyclic) bond motifs is 1. The first-order valence-electron chi connectivity index (χ1n) is 7.31. The fourth-order valence-corrected chi connectivity index (χ4v) is 2.13. The number of rotatable bonds is 7. The van der Waals surface area contributed by atoms with E-state index >= 15 is 0 Å². The molecule has 0 aliphatic rings. The van der Waals surface area contributed by atoms with Crippen molar-refractivity contribution in [1.29, 1.82) is 0 Å². The molecule has 0 N–H and O–H groups in total. The first-order chi connectivity index (χ1) is 9.83. The second-order valence-electron chi connectivity index (χ2n) is 4.91. The zero-order valence-electron chi connectivity index (χ0n) is 12.0. The van der Waals surface area contributed by atoms with E-state index in [0.29, 0.717) is 6.42 Å². The molecule has 4 nitrogen and oxygen atoms in total. The van der Waals surface area contributed by atoms with Crippen molar-refractivity contribution >= 4 is 16.9 Å². The highest BCUT2D eigenvalue weighted by Crippen LogP contribution is 2.10. The van der Waals surface area contributed by atoms with Crippen LogP contribution >= 0.6 is 0 Å². The van der Waals surface area contributed by atoms with Gasteiger partial charge in [-0.3, -0.25) is 4.79 Å². The highest BCUT2D eigenvalue weighted by molar-refractivity contribution is 5.89. The van der Waals surface area contributed by atoms with Crippen molar-refractivity contribution in [3.05, 3.63) is 36.4 Å². The number of hydrogen-bond donors (Lipinski definition) is 0. The Balaban J connectivity index is 1.84. The molecule has 0 saturated heterocycles. The number of carbonyl (C=O) groups excluding carboxylic acids is 1. The molecular formula is C16H21N3O. The van der Waals surface area contributed by atoms with Crippen LogP contribution < -0.4 is 0 Å². The van der Waals surface area contributed by atoms with Crippen LogP contribution in [0.2, 0.25) is 0 Å². The molecule has 4 heteroatoms. The molecule has 1 aromatic carbocycles. The third kappa shape index (κ3) is 3.76. The summed E-state index contributed by atoms with van der Waals surface area (Å²) < 4.78 is 1.39. The van der Waals surface area contributed by atoms with Crippen LogP contribution in [0.1, 0.15) is 50.2 Å². The Morgan fingerprint density at radius 3 is 2.90 bits per heavy atom. The fraction of sp³-hybridized carbons (Fsp3) is 0.438. The van der Waals surface area contributed by atoms with Crippen molar-refractivity contribution in [2.45, 2.75) is 45.4 Å². The summed E-state index contributed by atoms with van der Waals surface area (Å²) >= 11 is 0.